The molecule has 0 aliphatic rings. The van der Waals surface area contributed by atoms with Crippen molar-refractivity contribution >= 4 is 19.8 Å². The summed E-state index contributed by atoms with van der Waals surface area (Å²) in [5, 5.41) is 0. The van der Waals surface area contributed by atoms with E-state index in [1.165, 1.54) is 38.5 Å². The molecule has 0 rings (SSSR count). The fourth-order valence-electron chi connectivity index (χ4n) is 5.09. The van der Waals surface area contributed by atoms with E-state index < -0.39 is 26.5 Å². The maximum absolute atomic E-state index is 12.6. The Morgan fingerprint density at radius 1 is 0.596 bits per heavy atom. The molecular weight excluding hydrogens is 677 g/mol. The Hall–Kier alpha value is -2.03. The van der Waals surface area contributed by atoms with Gasteiger partial charge in [0.15, 0.2) is 6.10 Å². The van der Waals surface area contributed by atoms with Gasteiger partial charge in [0.2, 0.25) is 0 Å². The molecule has 0 bridgehead atoms. The van der Waals surface area contributed by atoms with Crippen molar-refractivity contribution in [2.45, 2.75) is 161 Å². The minimum atomic E-state index is -4.38. The molecule has 302 valence electrons. The molecule has 0 amide bonds. The second kappa shape index (κ2) is 34.7. The maximum Gasteiger partial charge on any atom is 0.472 e. The van der Waals surface area contributed by atoms with Crippen molar-refractivity contribution in [3.63, 3.8) is 0 Å². The van der Waals surface area contributed by atoms with Crippen LogP contribution in [-0.2, 0) is 32.7 Å². The molecule has 0 saturated carbocycles. The van der Waals surface area contributed by atoms with Gasteiger partial charge in [0.25, 0.3) is 0 Å². The Morgan fingerprint density at radius 2 is 1.04 bits per heavy atom. The van der Waals surface area contributed by atoms with Gasteiger partial charge in [-0.25, -0.2) is 4.57 Å². The molecule has 0 fully saturated rings. The average molecular weight is 755 g/mol. The van der Waals surface area contributed by atoms with Crippen LogP contribution in [0.5, 0.6) is 0 Å². The van der Waals surface area contributed by atoms with Gasteiger partial charge in [0, 0.05) is 12.8 Å². The van der Waals surface area contributed by atoms with Gasteiger partial charge in [-0.2, -0.15) is 0 Å². The van der Waals surface area contributed by atoms with Crippen LogP contribution in [0.2, 0.25) is 0 Å². The first-order valence-electron chi connectivity index (χ1n) is 20.4. The molecule has 0 aromatic rings. The summed E-state index contributed by atoms with van der Waals surface area (Å²) in [6.07, 6.45) is 38.6. The number of likely N-dealkylation sites (N-methyl/N-ethyl adjacent to an activating group) is 1. The molecule has 0 aromatic carbocycles. The summed E-state index contributed by atoms with van der Waals surface area (Å²) in [5.41, 5.74) is 0. The maximum atomic E-state index is 12.6. The van der Waals surface area contributed by atoms with E-state index in [1.54, 1.807) is 0 Å². The fraction of sp³-hybridized carbons (Fsp3) is 0.762. The van der Waals surface area contributed by atoms with Gasteiger partial charge in [0.05, 0.1) is 27.7 Å². The van der Waals surface area contributed by atoms with Crippen LogP contribution in [0, 0.1) is 0 Å². The molecule has 9 nitrogen and oxygen atoms in total. The number of hydrogen-bond acceptors (Lipinski definition) is 7. The minimum Gasteiger partial charge on any atom is -0.462 e. The summed E-state index contributed by atoms with van der Waals surface area (Å²) in [4.78, 5) is 35.3. The van der Waals surface area contributed by atoms with E-state index in [-0.39, 0.29) is 32.0 Å². The lowest BCUT2D eigenvalue weighted by Gasteiger charge is -2.24. The van der Waals surface area contributed by atoms with E-state index in [1.807, 2.05) is 21.1 Å². The summed E-state index contributed by atoms with van der Waals surface area (Å²) in [7, 11) is 1.45. The normalized spacial score (nSPS) is 14.2. The number of esters is 2. The fourth-order valence-corrected chi connectivity index (χ4v) is 5.83. The Kier molecular flexibility index (Phi) is 33.4. The Balaban J connectivity index is 4.44. The summed E-state index contributed by atoms with van der Waals surface area (Å²) in [5.74, 6) is -0.828. The summed E-state index contributed by atoms with van der Waals surface area (Å²) in [6.45, 7) is 4.25. The number of allylic oxidation sites excluding steroid dienone is 8. The van der Waals surface area contributed by atoms with Gasteiger partial charge in [-0.15, -0.1) is 0 Å². The molecule has 0 saturated heterocycles. The van der Waals surface area contributed by atoms with Crippen LogP contribution in [0.3, 0.4) is 0 Å². The highest BCUT2D eigenvalue weighted by atomic mass is 31.2. The van der Waals surface area contributed by atoms with Crippen molar-refractivity contribution in [3.8, 4) is 0 Å². The number of hydrogen-bond donors (Lipinski definition) is 1. The topological polar surface area (TPSA) is 108 Å². The number of quaternary nitrogens is 1. The molecule has 0 spiro atoms. The van der Waals surface area contributed by atoms with Gasteiger partial charge >= 0.3 is 19.8 Å². The number of carbonyl (C=O) groups is 2. The largest absolute Gasteiger partial charge is 0.472 e. The quantitative estimate of drug-likeness (QED) is 0.0221. The predicted molar refractivity (Wildman–Crippen MR) is 215 cm³/mol. The second-order valence-corrected chi connectivity index (χ2v) is 16.1. The van der Waals surface area contributed by atoms with Crippen LogP contribution < -0.4 is 0 Å². The second-order valence-electron chi connectivity index (χ2n) is 14.7. The zero-order valence-corrected chi connectivity index (χ0v) is 34.7. The highest BCUT2D eigenvalue weighted by molar-refractivity contribution is 7.47. The lowest BCUT2D eigenvalue weighted by atomic mass is 10.1. The van der Waals surface area contributed by atoms with Crippen LogP contribution in [-0.4, -0.2) is 74.9 Å². The molecule has 2 atom stereocenters. The number of nitrogens with zero attached hydrogens (tertiary/aromatic N) is 1. The summed E-state index contributed by atoms with van der Waals surface area (Å²) in [6, 6.07) is 0. The van der Waals surface area contributed by atoms with E-state index in [0.29, 0.717) is 17.4 Å². The van der Waals surface area contributed by atoms with Gasteiger partial charge in [-0.3, -0.25) is 18.6 Å². The smallest absolute Gasteiger partial charge is 0.462 e. The standard InChI is InChI=1S/C42H76NO8P/c1-6-8-10-12-14-16-18-20-22-24-26-28-30-32-34-41(44)48-38-40(39-50-52(46,47)49-37-36-43(3,4)5)51-42(45)35-33-31-29-27-25-23-21-19-17-15-13-11-9-7-2/h10-13,16-19,40H,6-9,14-15,20-39H2,1-5H3/p+1/b12-10+,13-11+,18-16+,19-17+. The summed E-state index contributed by atoms with van der Waals surface area (Å²) < 4.78 is 34.2. The van der Waals surface area contributed by atoms with Gasteiger partial charge < -0.3 is 18.9 Å². The van der Waals surface area contributed by atoms with E-state index >= 15 is 0 Å². The first-order valence-corrected chi connectivity index (χ1v) is 21.9. The van der Waals surface area contributed by atoms with E-state index in [0.717, 1.165) is 83.5 Å². The van der Waals surface area contributed by atoms with Crippen LogP contribution in [0.1, 0.15) is 155 Å². The lowest BCUT2D eigenvalue weighted by molar-refractivity contribution is -0.870. The van der Waals surface area contributed by atoms with Crippen molar-refractivity contribution in [2.24, 2.45) is 0 Å². The van der Waals surface area contributed by atoms with Crippen molar-refractivity contribution in [1.29, 1.82) is 0 Å². The van der Waals surface area contributed by atoms with Gasteiger partial charge in [-0.1, -0.05) is 127 Å². The molecular formula is C42H77NO8P+. The first kappa shape index (κ1) is 50.0. The highest BCUT2D eigenvalue weighted by Gasteiger charge is 2.27. The third-order valence-corrected chi connectivity index (χ3v) is 9.28. The zero-order valence-electron chi connectivity index (χ0n) is 33.8. The van der Waals surface area contributed by atoms with E-state index in [2.05, 4.69) is 62.5 Å². The lowest BCUT2D eigenvalue weighted by Crippen LogP contribution is -2.37. The molecule has 0 heterocycles. The Bertz CT molecular complexity index is 1030. The highest BCUT2D eigenvalue weighted by Crippen LogP contribution is 2.43. The van der Waals surface area contributed by atoms with Crippen LogP contribution in [0.15, 0.2) is 48.6 Å². The Morgan fingerprint density at radius 3 is 1.52 bits per heavy atom. The van der Waals surface area contributed by atoms with Crippen molar-refractivity contribution in [3.05, 3.63) is 48.6 Å². The number of phosphoric acid groups is 1. The van der Waals surface area contributed by atoms with Crippen LogP contribution >= 0.6 is 7.82 Å². The SMILES string of the molecule is CCC/C=C/C/C=C/CCCCCCCCC(=O)OCC(COP(=O)(O)OCC[N+](C)(C)C)OC(=O)CCCCCCCC/C=C/C/C=C/CCC. The molecule has 2 unspecified atom stereocenters. The monoisotopic (exact) mass is 755 g/mol. The molecule has 52 heavy (non-hydrogen) atoms. The molecule has 1 N–H and O–H groups in total. The predicted octanol–water partition coefficient (Wildman–Crippen LogP) is 11.1. The average Bonchev–Trinajstić information content (AvgIpc) is 3.09. The summed E-state index contributed by atoms with van der Waals surface area (Å²) >= 11 is 0. The molecule has 10 heteroatoms. The third kappa shape index (κ3) is 37.7. The third-order valence-electron chi connectivity index (χ3n) is 8.29. The van der Waals surface area contributed by atoms with E-state index in [9.17, 15) is 19.0 Å². The zero-order chi connectivity index (χ0) is 38.6. The number of carbonyl (C=O) groups excluding carboxylic acids is 2. The van der Waals surface area contributed by atoms with Gasteiger partial charge in [0.1, 0.15) is 19.8 Å². The number of ether oxygens (including phenoxy) is 2. The molecule has 0 radical (unpaired) electrons. The van der Waals surface area contributed by atoms with Gasteiger partial charge in [-0.05, 0) is 64.2 Å². The van der Waals surface area contributed by atoms with E-state index in [4.69, 9.17) is 18.5 Å². The van der Waals surface area contributed by atoms with Crippen molar-refractivity contribution in [2.75, 3.05) is 47.5 Å². The van der Waals surface area contributed by atoms with Crippen molar-refractivity contribution < 1.29 is 42.1 Å². The minimum absolute atomic E-state index is 0.0260. The molecule has 0 aliphatic heterocycles. The van der Waals surface area contributed by atoms with Crippen LogP contribution in [0.25, 0.3) is 0 Å². The first-order chi connectivity index (χ1) is 25.0. The number of unbranched alkanes of at least 4 members (excludes halogenated alkanes) is 14. The number of rotatable bonds is 36. The Labute approximate surface area is 318 Å². The van der Waals surface area contributed by atoms with Crippen molar-refractivity contribution in [1.82, 2.24) is 0 Å². The van der Waals surface area contributed by atoms with Crippen LogP contribution in [0.4, 0.5) is 0 Å². The molecule has 0 aromatic heterocycles. The molecule has 0 aliphatic carbocycles. The number of phosphoric ester groups is 1.